The molecule has 1 aromatic heterocycles. The van der Waals surface area contributed by atoms with Crippen molar-refractivity contribution in [1.82, 2.24) is 4.98 Å². The van der Waals surface area contributed by atoms with Crippen LogP contribution in [0, 0.1) is 0 Å². The van der Waals surface area contributed by atoms with Crippen LogP contribution in [0.4, 0.5) is 23.7 Å². The van der Waals surface area contributed by atoms with Gasteiger partial charge in [0.25, 0.3) is 5.24 Å². The summed E-state index contributed by atoms with van der Waals surface area (Å²) in [5, 5.41) is 3.93. The van der Waals surface area contributed by atoms with Crippen LogP contribution in [-0.4, -0.2) is 16.2 Å². The van der Waals surface area contributed by atoms with Gasteiger partial charge in [-0.2, -0.15) is 13.2 Å². The van der Waals surface area contributed by atoms with Gasteiger partial charge in [0, 0.05) is 11.9 Å². The van der Waals surface area contributed by atoms with E-state index in [9.17, 15) is 18.0 Å². The molecule has 3 rings (SSSR count). The molecule has 4 nitrogen and oxygen atoms in total. The number of nitrogens with one attached hydrogen (secondary N) is 1. The summed E-state index contributed by atoms with van der Waals surface area (Å²) >= 11 is 0.811. The summed E-state index contributed by atoms with van der Waals surface area (Å²) in [6.45, 7) is 0. The molecule has 0 radical (unpaired) electrons. The van der Waals surface area contributed by atoms with Crippen molar-refractivity contribution in [2.45, 2.75) is 6.18 Å². The average Bonchev–Trinajstić information content (AvgIpc) is 2.61. The fourth-order valence-corrected chi connectivity index (χ4v) is 2.72. The van der Waals surface area contributed by atoms with Crippen molar-refractivity contribution in [2.75, 3.05) is 11.3 Å². The topological polar surface area (TPSA) is 51.2 Å². The summed E-state index contributed by atoms with van der Waals surface area (Å²) in [5.41, 5.74) is -1.04. The normalized spacial score (nSPS) is 11.3. The molecular weight excluding hydrogens is 365 g/mol. The van der Waals surface area contributed by atoms with Crippen molar-refractivity contribution in [3.05, 3.63) is 66.5 Å². The number of thioether (sulfide) groups is 1. The van der Waals surface area contributed by atoms with E-state index in [4.69, 9.17) is 4.74 Å². The van der Waals surface area contributed by atoms with Crippen LogP contribution < -0.4 is 10.1 Å². The number of pyridine rings is 1. The van der Waals surface area contributed by atoms with Crippen LogP contribution in [0.1, 0.15) is 5.69 Å². The predicted octanol–water partition coefficient (Wildman–Crippen LogP) is 5.56. The Morgan fingerprint density at radius 1 is 1.08 bits per heavy atom. The van der Waals surface area contributed by atoms with Crippen molar-refractivity contribution in [3.63, 3.8) is 0 Å². The number of carbonyl (C=O) groups excluding carboxylic acids is 1. The summed E-state index contributed by atoms with van der Waals surface area (Å²) in [6.07, 6.45) is -3.57. The number of alkyl halides is 3. The second-order valence-electron chi connectivity index (χ2n) is 5.26. The minimum absolute atomic E-state index is 0.0236. The Kier molecular flexibility index (Phi) is 5.32. The van der Waals surface area contributed by atoms with E-state index in [2.05, 4.69) is 10.3 Å². The molecule has 134 valence electrons. The van der Waals surface area contributed by atoms with Gasteiger partial charge in [-0.05, 0) is 46.8 Å². The molecule has 0 saturated carbocycles. The fraction of sp³-hybridized carbons (Fsp3) is 0.111. The molecule has 2 aromatic carbocycles. The highest BCUT2D eigenvalue weighted by molar-refractivity contribution is 8.13. The van der Waals surface area contributed by atoms with Crippen LogP contribution in [0.5, 0.6) is 5.75 Å². The van der Waals surface area contributed by atoms with E-state index in [0.717, 1.165) is 34.8 Å². The van der Waals surface area contributed by atoms with Crippen LogP contribution in [0.3, 0.4) is 0 Å². The Bertz CT molecular complexity index is 931. The lowest BCUT2D eigenvalue weighted by Gasteiger charge is -2.09. The number of hydrogen-bond acceptors (Lipinski definition) is 4. The molecule has 26 heavy (non-hydrogen) atoms. The van der Waals surface area contributed by atoms with Crippen molar-refractivity contribution in [3.8, 4) is 5.75 Å². The maximum Gasteiger partial charge on any atom is 0.433 e. The Balaban J connectivity index is 1.54. The standard InChI is InChI=1S/C18H13F3N2O2S/c19-18(20,21)16-10-14(7-8-22-16)23-17(24)26-11-25-15-6-5-12-3-1-2-4-13(12)9-15/h1-10H,11H2,(H,22,23,24). The molecule has 8 heteroatoms. The lowest BCUT2D eigenvalue weighted by Crippen LogP contribution is -2.11. The van der Waals surface area contributed by atoms with Gasteiger partial charge in [-0.1, -0.05) is 30.3 Å². The number of ether oxygens (including phenoxy) is 1. The first-order valence-electron chi connectivity index (χ1n) is 7.50. The van der Waals surface area contributed by atoms with E-state index in [1.165, 1.54) is 6.07 Å². The molecule has 0 atom stereocenters. The second-order valence-corrected chi connectivity index (χ2v) is 6.15. The maximum atomic E-state index is 12.6. The Morgan fingerprint density at radius 3 is 2.62 bits per heavy atom. The van der Waals surface area contributed by atoms with Crippen LogP contribution in [-0.2, 0) is 6.18 Å². The molecule has 0 spiro atoms. The summed E-state index contributed by atoms with van der Waals surface area (Å²) in [7, 11) is 0. The van der Waals surface area contributed by atoms with Crippen LogP contribution in [0.2, 0.25) is 0 Å². The second kappa shape index (κ2) is 7.65. The highest BCUT2D eigenvalue weighted by atomic mass is 32.2. The third kappa shape index (κ3) is 4.66. The minimum atomic E-state index is -4.56. The Hall–Kier alpha value is -2.74. The zero-order valence-electron chi connectivity index (χ0n) is 13.3. The number of rotatable bonds is 4. The summed E-state index contributed by atoms with van der Waals surface area (Å²) in [4.78, 5) is 15.1. The van der Waals surface area contributed by atoms with E-state index in [-0.39, 0.29) is 11.6 Å². The molecule has 0 saturated heterocycles. The van der Waals surface area contributed by atoms with Crippen molar-refractivity contribution < 1.29 is 22.7 Å². The monoisotopic (exact) mass is 378 g/mol. The van der Waals surface area contributed by atoms with Gasteiger partial charge in [0.1, 0.15) is 17.4 Å². The van der Waals surface area contributed by atoms with E-state index in [1.807, 2.05) is 36.4 Å². The summed E-state index contributed by atoms with van der Waals surface area (Å²) in [6, 6.07) is 15.4. The predicted molar refractivity (Wildman–Crippen MR) is 95.3 cm³/mol. The number of aromatic nitrogens is 1. The van der Waals surface area contributed by atoms with Gasteiger partial charge in [-0.3, -0.25) is 9.78 Å². The Labute approximate surface area is 151 Å². The van der Waals surface area contributed by atoms with Gasteiger partial charge in [0.2, 0.25) is 0 Å². The first-order valence-corrected chi connectivity index (χ1v) is 8.49. The summed E-state index contributed by atoms with van der Waals surface area (Å²) in [5.74, 6) is 0.633. The van der Waals surface area contributed by atoms with Gasteiger partial charge in [-0.25, -0.2) is 0 Å². The molecule has 1 N–H and O–H groups in total. The smallest absolute Gasteiger partial charge is 0.433 e. The molecular formula is C18H13F3N2O2S. The first kappa shape index (κ1) is 18.1. The van der Waals surface area contributed by atoms with Crippen LogP contribution in [0.25, 0.3) is 10.8 Å². The highest BCUT2D eigenvalue weighted by Crippen LogP contribution is 2.29. The van der Waals surface area contributed by atoms with E-state index in [0.29, 0.717) is 5.75 Å². The van der Waals surface area contributed by atoms with Crippen molar-refractivity contribution in [1.29, 1.82) is 0 Å². The third-order valence-electron chi connectivity index (χ3n) is 3.43. The number of carbonyl (C=O) groups is 1. The molecule has 1 heterocycles. The number of benzene rings is 2. The number of hydrogen-bond donors (Lipinski definition) is 1. The van der Waals surface area contributed by atoms with Gasteiger partial charge in [0.05, 0.1) is 0 Å². The zero-order chi connectivity index (χ0) is 18.6. The summed E-state index contributed by atoms with van der Waals surface area (Å²) < 4.78 is 43.3. The van der Waals surface area contributed by atoms with Gasteiger partial charge < -0.3 is 10.1 Å². The lowest BCUT2D eigenvalue weighted by molar-refractivity contribution is -0.141. The Morgan fingerprint density at radius 2 is 1.85 bits per heavy atom. The molecule has 0 bridgehead atoms. The fourth-order valence-electron chi connectivity index (χ4n) is 2.23. The van der Waals surface area contributed by atoms with Crippen LogP contribution in [0.15, 0.2) is 60.8 Å². The molecule has 0 aliphatic heterocycles. The first-order chi connectivity index (χ1) is 12.4. The number of nitrogens with zero attached hydrogens (tertiary/aromatic N) is 1. The average molecular weight is 378 g/mol. The van der Waals surface area contributed by atoms with E-state index in [1.54, 1.807) is 6.07 Å². The third-order valence-corrected chi connectivity index (χ3v) is 4.03. The van der Waals surface area contributed by atoms with Crippen molar-refractivity contribution >= 4 is 33.5 Å². The molecule has 0 aliphatic carbocycles. The number of amides is 1. The van der Waals surface area contributed by atoms with Gasteiger partial charge in [-0.15, -0.1) is 0 Å². The van der Waals surface area contributed by atoms with E-state index >= 15 is 0 Å². The number of fused-ring (bicyclic) bond motifs is 1. The molecule has 0 aliphatic rings. The largest absolute Gasteiger partial charge is 0.482 e. The van der Waals surface area contributed by atoms with E-state index < -0.39 is 17.1 Å². The number of anilines is 1. The molecule has 1 amide bonds. The molecule has 0 unspecified atom stereocenters. The quantitative estimate of drug-likeness (QED) is 0.604. The SMILES string of the molecule is O=C(Nc1ccnc(C(F)(F)F)c1)SCOc1ccc2ccccc2c1. The zero-order valence-corrected chi connectivity index (χ0v) is 14.1. The van der Waals surface area contributed by atoms with Gasteiger partial charge >= 0.3 is 6.18 Å². The maximum absolute atomic E-state index is 12.6. The van der Waals surface area contributed by atoms with Gasteiger partial charge in [0.15, 0.2) is 0 Å². The number of halogens is 3. The highest BCUT2D eigenvalue weighted by Gasteiger charge is 2.32. The minimum Gasteiger partial charge on any atom is -0.482 e. The molecule has 3 aromatic rings. The molecule has 0 fully saturated rings. The lowest BCUT2D eigenvalue weighted by atomic mass is 10.1. The van der Waals surface area contributed by atoms with Crippen molar-refractivity contribution in [2.24, 2.45) is 0 Å². The van der Waals surface area contributed by atoms with Crippen LogP contribution >= 0.6 is 11.8 Å².